The van der Waals surface area contributed by atoms with E-state index in [4.69, 9.17) is 28.0 Å². The van der Waals surface area contributed by atoms with E-state index >= 15 is 0 Å². The molecule has 0 aliphatic carbocycles. The van der Waals surface area contributed by atoms with Crippen LogP contribution in [0, 0.1) is 6.92 Å². The van der Waals surface area contributed by atoms with Crippen LogP contribution in [0.25, 0.3) is 10.9 Å². The molecule has 0 atom stereocenters. The Hall–Kier alpha value is -2.83. The van der Waals surface area contributed by atoms with E-state index in [-0.39, 0.29) is 16.8 Å². The summed E-state index contributed by atoms with van der Waals surface area (Å²) in [6.07, 6.45) is 0. The molecule has 26 heavy (non-hydrogen) atoms. The third-order valence-electron chi connectivity index (χ3n) is 4.20. The number of aromatic nitrogens is 1. The fourth-order valence-corrected chi connectivity index (χ4v) is 3.62. The number of rotatable bonds is 2. The number of hydrogen-bond donors (Lipinski definition) is 1. The van der Waals surface area contributed by atoms with Crippen molar-refractivity contribution in [3.05, 3.63) is 68.8 Å². The maximum atomic E-state index is 12.6. The topological polar surface area (TPSA) is 79.5 Å². The van der Waals surface area contributed by atoms with Gasteiger partial charge < -0.3 is 9.82 Å². The van der Waals surface area contributed by atoms with Crippen molar-refractivity contribution in [2.45, 2.75) is 6.92 Å². The monoisotopic (exact) mass is 388 g/mol. The van der Waals surface area contributed by atoms with Crippen molar-refractivity contribution < 1.29 is 19.2 Å². The second-order valence-corrected chi connectivity index (χ2v) is 6.61. The van der Waals surface area contributed by atoms with E-state index < -0.39 is 17.8 Å². The lowest BCUT2D eigenvalue weighted by molar-refractivity contribution is -0.0588. The summed E-state index contributed by atoms with van der Waals surface area (Å²) < 4.78 is 0. The van der Waals surface area contributed by atoms with Crippen molar-refractivity contribution in [2.24, 2.45) is 0 Å². The number of imide groups is 1. The molecule has 2 heterocycles. The number of H-pyrrole nitrogens is 1. The zero-order valence-electron chi connectivity index (χ0n) is 13.3. The molecule has 8 heteroatoms. The lowest BCUT2D eigenvalue weighted by Crippen LogP contribution is -2.33. The molecule has 6 nitrogen and oxygen atoms in total. The van der Waals surface area contributed by atoms with E-state index in [0.717, 1.165) is 0 Å². The Morgan fingerprint density at radius 2 is 1.69 bits per heavy atom. The summed E-state index contributed by atoms with van der Waals surface area (Å²) in [5, 5.41) is 1.86. The largest absolute Gasteiger partial charge is 0.380 e. The smallest absolute Gasteiger partial charge is 0.349 e. The zero-order chi connectivity index (χ0) is 18.6. The van der Waals surface area contributed by atoms with Gasteiger partial charge in [-0.3, -0.25) is 9.59 Å². The van der Waals surface area contributed by atoms with Crippen LogP contribution in [0.15, 0.2) is 36.4 Å². The molecular formula is C18H10Cl2N2O4. The van der Waals surface area contributed by atoms with Gasteiger partial charge in [0, 0.05) is 15.9 Å². The van der Waals surface area contributed by atoms with Crippen molar-refractivity contribution in [3.63, 3.8) is 0 Å². The number of carbonyl (C=O) groups is 3. The molecule has 0 spiro atoms. The van der Waals surface area contributed by atoms with Gasteiger partial charge in [-0.1, -0.05) is 40.4 Å². The maximum absolute atomic E-state index is 12.6. The number of halogens is 2. The predicted octanol–water partition coefficient (Wildman–Crippen LogP) is 4.15. The molecule has 4 rings (SSSR count). The number of hydrogen-bond acceptors (Lipinski definition) is 4. The molecule has 0 unspecified atom stereocenters. The van der Waals surface area contributed by atoms with E-state index in [2.05, 4.69) is 4.98 Å². The fourth-order valence-electron chi connectivity index (χ4n) is 2.99. The summed E-state index contributed by atoms with van der Waals surface area (Å²) in [6, 6.07) is 9.44. The van der Waals surface area contributed by atoms with Crippen LogP contribution in [0.3, 0.4) is 0 Å². The van der Waals surface area contributed by atoms with E-state index in [1.165, 1.54) is 12.1 Å². The van der Waals surface area contributed by atoms with Crippen molar-refractivity contribution in [1.82, 2.24) is 10.0 Å². The molecule has 0 bridgehead atoms. The SMILES string of the molecule is Cc1c(C(=O)ON2C(=O)c3ccccc3C2=O)[nH]c2cc(Cl)cc(Cl)c12. The Labute approximate surface area is 157 Å². The second-order valence-electron chi connectivity index (χ2n) is 5.76. The average molecular weight is 389 g/mol. The first-order chi connectivity index (χ1) is 12.4. The van der Waals surface area contributed by atoms with Gasteiger partial charge in [0.15, 0.2) is 0 Å². The highest BCUT2D eigenvalue weighted by atomic mass is 35.5. The van der Waals surface area contributed by atoms with Crippen LogP contribution in [-0.4, -0.2) is 27.8 Å². The molecule has 1 aromatic heterocycles. The summed E-state index contributed by atoms with van der Waals surface area (Å²) >= 11 is 12.2. The molecule has 2 aromatic carbocycles. The third-order valence-corrected chi connectivity index (χ3v) is 4.72. The Balaban J connectivity index is 1.69. The van der Waals surface area contributed by atoms with Crippen LogP contribution in [0.1, 0.15) is 36.8 Å². The van der Waals surface area contributed by atoms with Crippen LogP contribution in [-0.2, 0) is 4.84 Å². The van der Waals surface area contributed by atoms with Gasteiger partial charge in [-0.15, -0.1) is 0 Å². The highest BCUT2D eigenvalue weighted by Gasteiger charge is 2.39. The van der Waals surface area contributed by atoms with Gasteiger partial charge in [0.2, 0.25) is 0 Å². The van der Waals surface area contributed by atoms with E-state index in [1.807, 2.05) is 0 Å². The number of aryl methyl sites for hydroxylation is 1. The van der Waals surface area contributed by atoms with Crippen LogP contribution < -0.4 is 0 Å². The quantitative estimate of drug-likeness (QED) is 0.668. The van der Waals surface area contributed by atoms with Crippen molar-refractivity contribution in [2.75, 3.05) is 0 Å². The van der Waals surface area contributed by atoms with Gasteiger partial charge in [0.1, 0.15) is 5.69 Å². The number of hydroxylamine groups is 2. The van der Waals surface area contributed by atoms with Crippen molar-refractivity contribution in [1.29, 1.82) is 0 Å². The average Bonchev–Trinajstić information content (AvgIpc) is 3.05. The number of aromatic amines is 1. The van der Waals surface area contributed by atoms with Crippen LogP contribution in [0.4, 0.5) is 0 Å². The number of amides is 2. The molecule has 3 aromatic rings. The summed E-state index contributed by atoms with van der Waals surface area (Å²) in [4.78, 5) is 45.1. The van der Waals surface area contributed by atoms with Crippen molar-refractivity contribution in [3.8, 4) is 0 Å². The lowest BCUT2D eigenvalue weighted by Gasteiger charge is -2.12. The Morgan fingerprint density at radius 1 is 1.08 bits per heavy atom. The predicted molar refractivity (Wildman–Crippen MR) is 95.4 cm³/mol. The van der Waals surface area contributed by atoms with E-state index in [9.17, 15) is 14.4 Å². The molecule has 2 amide bonds. The first-order valence-corrected chi connectivity index (χ1v) is 8.31. The van der Waals surface area contributed by atoms with Gasteiger partial charge in [-0.05, 0) is 36.8 Å². The first kappa shape index (κ1) is 16.6. The summed E-state index contributed by atoms with van der Waals surface area (Å²) in [7, 11) is 0. The van der Waals surface area contributed by atoms with E-state index in [1.54, 1.807) is 31.2 Å². The second kappa shape index (κ2) is 5.86. The molecule has 0 saturated heterocycles. The molecular weight excluding hydrogens is 379 g/mol. The highest BCUT2D eigenvalue weighted by Crippen LogP contribution is 2.32. The molecule has 1 N–H and O–H groups in total. The zero-order valence-corrected chi connectivity index (χ0v) is 14.8. The minimum atomic E-state index is -0.875. The number of nitrogens with one attached hydrogen (secondary N) is 1. The minimum absolute atomic E-state index is 0.0840. The van der Waals surface area contributed by atoms with E-state index in [0.29, 0.717) is 31.6 Å². The molecule has 1 aliphatic rings. The normalized spacial score (nSPS) is 13.4. The van der Waals surface area contributed by atoms with Crippen LogP contribution in [0.5, 0.6) is 0 Å². The number of carbonyl (C=O) groups excluding carboxylic acids is 3. The highest BCUT2D eigenvalue weighted by molar-refractivity contribution is 6.39. The lowest BCUT2D eigenvalue weighted by atomic mass is 10.1. The summed E-state index contributed by atoms with van der Waals surface area (Å²) in [5.41, 5.74) is 1.54. The first-order valence-electron chi connectivity index (χ1n) is 7.56. The molecule has 1 aliphatic heterocycles. The summed E-state index contributed by atoms with van der Waals surface area (Å²) in [6.45, 7) is 1.68. The number of nitrogens with zero attached hydrogens (tertiary/aromatic N) is 1. The van der Waals surface area contributed by atoms with Crippen LogP contribution in [0.2, 0.25) is 10.0 Å². The van der Waals surface area contributed by atoms with Gasteiger partial charge in [-0.25, -0.2) is 4.79 Å². The molecule has 0 radical (unpaired) electrons. The van der Waals surface area contributed by atoms with Gasteiger partial charge in [0.05, 0.1) is 16.1 Å². The Morgan fingerprint density at radius 3 is 2.31 bits per heavy atom. The standard InChI is InChI=1S/C18H10Cl2N2O4/c1-8-14-12(20)6-9(19)7-13(14)21-15(8)18(25)26-22-16(23)10-4-2-3-5-11(10)17(22)24/h2-7,21H,1H3. The fraction of sp³-hybridized carbons (Fsp3) is 0.0556. The maximum Gasteiger partial charge on any atom is 0.380 e. The Bertz CT molecular complexity index is 1080. The number of benzene rings is 2. The van der Waals surface area contributed by atoms with Crippen LogP contribution >= 0.6 is 23.2 Å². The molecule has 0 saturated carbocycles. The summed E-state index contributed by atoms with van der Waals surface area (Å²) in [5.74, 6) is -2.25. The molecule has 0 fully saturated rings. The Kier molecular flexibility index (Phi) is 3.75. The minimum Gasteiger partial charge on any atom is -0.349 e. The van der Waals surface area contributed by atoms with Gasteiger partial charge in [-0.2, -0.15) is 0 Å². The molecule has 130 valence electrons. The third kappa shape index (κ3) is 2.38. The number of fused-ring (bicyclic) bond motifs is 2. The van der Waals surface area contributed by atoms with Gasteiger partial charge in [0.25, 0.3) is 11.8 Å². The van der Waals surface area contributed by atoms with Crippen molar-refractivity contribution >= 4 is 51.9 Å². The van der Waals surface area contributed by atoms with Gasteiger partial charge >= 0.3 is 5.97 Å².